The first-order valence-electron chi connectivity index (χ1n) is 11.6. The average molecular weight is 562 g/mol. The van der Waals surface area contributed by atoms with Gasteiger partial charge in [-0.25, -0.2) is 0 Å². The van der Waals surface area contributed by atoms with Crippen LogP contribution in [-0.2, 0) is 17.4 Å². The highest BCUT2D eigenvalue weighted by Crippen LogP contribution is 2.38. The molecule has 1 heterocycles. The number of ether oxygens (including phenoxy) is 3. The van der Waals surface area contributed by atoms with Gasteiger partial charge in [0.15, 0.2) is 18.1 Å². The Bertz CT molecular complexity index is 1550. The van der Waals surface area contributed by atoms with E-state index in [0.717, 1.165) is 11.6 Å². The Balaban J connectivity index is 1.46. The number of amides is 1. The highest BCUT2D eigenvalue weighted by Gasteiger charge is 2.39. The van der Waals surface area contributed by atoms with Crippen molar-refractivity contribution in [3.63, 3.8) is 0 Å². The number of halogens is 4. The Hall–Kier alpha value is -4.18. The molecule has 0 aliphatic rings. The third-order valence-corrected chi connectivity index (χ3v) is 6.06. The summed E-state index contributed by atoms with van der Waals surface area (Å²) in [5.74, 6) is -0.651. The molecule has 0 bridgehead atoms. The number of fused-ring (bicyclic) bond motifs is 1. The number of hydrogen-bond donors (Lipinski definition) is 1. The van der Waals surface area contributed by atoms with Crippen LogP contribution < -0.4 is 25.0 Å². The van der Waals surface area contributed by atoms with Crippen molar-refractivity contribution in [2.45, 2.75) is 12.6 Å². The Labute approximate surface area is 226 Å². The first-order chi connectivity index (χ1) is 18.6. The lowest BCUT2D eigenvalue weighted by Gasteiger charge is -2.13. The number of nitrogens with one attached hydrogen (secondary N) is 1. The molecular weight excluding hydrogens is 539 g/mol. The van der Waals surface area contributed by atoms with E-state index in [1.807, 2.05) is 6.07 Å². The highest BCUT2D eigenvalue weighted by molar-refractivity contribution is 6.30. The van der Waals surface area contributed by atoms with E-state index >= 15 is 0 Å². The van der Waals surface area contributed by atoms with E-state index in [9.17, 15) is 22.8 Å². The molecule has 0 saturated heterocycles. The molecule has 0 atom stereocenters. The number of benzene rings is 3. The molecule has 204 valence electrons. The Morgan fingerprint density at radius 3 is 2.36 bits per heavy atom. The van der Waals surface area contributed by atoms with Crippen molar-refractivity contribution in [3.8, 4) is 28.4 Å². The summed E-state index contributed by atoms with van der Waals surface area (Å²) in [6.45, 7) is -0.0800. The summed E-state index contributed by atoms with van der Waals surface area (Å²) >= 11 is 5.84. The summed E-state index contributed by atoms with van der Waals surface area (Å²) in [5.41, 5.74) is -0.861. The van der Waals surface area contributed by atoms with Crippen LogP contribution in [0.2, 0.25) is 5.02 Å². The van der Waals surface area contributed by atoms with Crippen LogP contribution in [0.25, 0.3) is 22.1 Å². The molecule has 0 aliphatic heterocycles. The second-order valence-electron chi connectivity index (χ2n) is 8.38. The van der Waals surface area contributed by atoms with E-state index in [1.54, 1.807) is 12.1 Å². The van der Waals surface area contributed by atoms with Gasteiger partial charge < -0.3 is 23.9 Å². The van der Waals surface area contributed by atoms with Crippen molar-refractivity contribution < 1.29 is 36.6 Å². The molecule has 1 N–H and O–H groups in total. The van der Waals surface area contributed by atoms with Crippen molar-refractivity contribution in [2.24, 2.45) is 0 Å². The van der Waals surface area contributed by atoms with Crippen LogP contribution in [0.5, 0.6) is 17.2 Å². The van der Waals surface area contributed by atoms with Crippen LogP contribution in [-0.4, -0.2) is 33.3 Å². The van der Waals surface area contributed by atoms with Crippen molar-refractivity contribution in [1.82, 2.24) is 5.32 Å². The molecule has 39 heavy (non-hydrogen) atoms. The number of carbonyl (C=O) groups is 1. The molecule has 4 aromatic rings. The summed E-state index contributed by atoms with van der Waals surface area (Å²) < 4.78 is 62.6. The normalized spacial score (nSPS) is 11.3. The summed E-state index contributed by atoms with van der Waals surface area (Å²) in [7, 11) is 3.07. The molecule has 0 spiro atoms. The Morgan fingerprint density at radius 2 is 1.69 bits per heavy atom. The molecule has 7 nitrogen and oxygen atoms in total. The molecule has 0 radical (unpaired) electrons. The summed E-state index contributed by atoms with van der Waals surface area (Å²) in [4.78, 5) is 25.3. The molecule has 4 rings (SSSR count). The van der Waals surface area contributed by atoms with Crippen LogP contribution in [0.4, 0.5) is 13.2 Å². The van der Waals surface area contributed by atoms with Gasteiger partial charge in [-0.2, -0.15) is 13.2 Å². The van der Waals surface area contributed by atoms with Gasteiger partial charge in [0.05, 0.1) is 25.2 Å². The zero-order chi connectivity index (χ0) is 28.2. The minimum Gasteiger partial charge on any atom is -0.493 e. The van der Waals surface area contributed by atoms with Gasteiger partial charge in [-0.15, -0.1) is 0 Å². The van der Waals surface area contributed by atoms with Gasteiger partial charge >= 0.3 is 6.18 Å². The second kappa shape index (κ2) is 11.7. The van der Waals surface area contributed by atoms with Gasteiger partial charge in [0, 0.05) is 17.6 Å². The molecule has 1 aromatic heterocycles. The average Bonchev–Trinajstić information content (AvgIpc) is 2.91. The van der Waals surface area contributed by atoms with E-state index in [2.05, 4.69) is 5.32 Å². The summed E-state index contributed by atoms with van der Waals surface area (Å²) in [6.07, 6.45) is -4.42. The second-order valence-corrected chi connectivity index (χ2v) is 8.81. The summed E-state index contributed by atoms with van der Waals surface area (Å²) in [5, 5.41) is 2.94. The van der Waals surface area contributed by atoms with Gasteiger partial charge in [-0.05, 0) is 53.9 Å². The van der Waals surface area contributed by atoms with Crippen LogP contribution in [0, 0.1) is 0 Å². The van der Waals surface area contributed by atoms with Crippen LogP contribution in [0.3, 0.4) is 0 Å². The van der Waals surface area contributed by atoms with Gasteiger partial charge in [0.1, 0.15) is 11.3 Å². The number of alkyl halides is 3. The van der Waals surface area contributed by atoms with Crippen molar-refractivity contribution >= 4 is 28.5 Å². The maximum atomic E-state index is 13.8. The fourth-order valence-corrected chi connectivity index (χ4v) is 4.05. The third kappa shape index (κ3) is 6.46. The number of methoxy groups -OCH3 is 2. The fourth-order valence-electron chi connectivity index (χ4n) is 3.92. The third-order valence-electron chi connectivity index (χ3n) is 5.81. The van der Waals surface area contributed by atoms with Crippen LogP contribution in [0.15, 0.2) is 69.9 Å². The van der Waals surface area contributed by atoms with Crippen molar-refractivity contribution in [2.75, 3.05) is 27.4 Å². The van der Waals surface area contributed by atoms with Gasteiger partial charge in [0.25, 0.3) is 5.91 Å². The minimum atomic E-state index is -4.94. The maximum Gasteiger partial charge on any atom is 0.450 e. The predicted molar refractivity (Wildman–Crippen MR) is 140 cm³/mol. The van der Waals surface area contributed by atoms with Crippen molar-refractivity contribution in [1.29, 1.82) is 0 Å². The minimum absolute atomic E-state index is 0.0208. The molecular formula is C28H23ClF3NO6. The fraction of sp³-hybridized carbons (Fsp3) is 0.214. The molecule has 11 heteroatoms. The lowest BCUT2D eigenvalue weighted by Crippen LogP contribution is -2.30. The molecule has 0 unspecified atom stereocenters. The number of hydrogen-bond acceptors (Lipinski definition) is 6. The van der Waals surface area contributed by atoms with Gasteiger partial charge in [-0.1, -0.05) is 29.8 Å². The van der Waals surface area contributed by atoms with Gasteiger partial charge in [0.2, 0.25) is 11.2 Å². The molecule has 3 aromatic carbocycles. The van der Waals surface area contributed by atoms with Gasteiger partial charge in [-0.3, -0.25) is 9.59 Å². The molecule has 0 aliphatic carbocycles. The summed E-state index contributed by atoms with van der Waals surface area (Å²) in [6, 6.07) is 14.6. The standard InChI is InChI=1S/C28H23ClF3NO6/c1-36-21-10-3-16(13-23(21)37-2)11-12-33-24(34)15-38-19-8-9-20-22(14-19)39-27(28(30,31)32)25(26(20)35)17-4-6-18(29)7-5-17/h3-10,13-14H,11-12,15H2,1-2H3,(H,33,34). The monoisotopic (exact) mass is 561 g/mol. The van der Waals surface area contributed by atoms with Crippen molar-refractivity contribution in [3.05, 3.63) is 87.2 Å². The number of carbonyl (C=O) groups excluding carboxylic acids is 1. The SMILES string of the molecule is COc1ccc(CCNC(=O)COc2ccc3c(=O)c(-c4ccc(Cl)cc4)c(C(F)(F)F)oc3c2)cc1OC. The topological polar surface area (TPSA) is 87.0 Å². The molecule has 0 fully saturated rings. The molecule has 1 amide bonds. The van der Waals surface area contributed by atoms with E-state index < -0.39 is 35.4 Å². The van der Waals surface area contributed by atoms with E-state index in [4.69, 9.17) is 30.2 Å². The zero-order valence-electron chi connectivity index (χ0n) is 20.9. The predicted octanol–water partition coefficient (Wildman–Crippen LogP) is 5.89. The van der Waals surface area contributed by atoms with Crippen LogP contribution in [0.1, 0.15) is 11.3 Å². The first-order valence-corrected chi connectivity index (χ1v) is 12.0. The lowest BCUT2D eigenvalue weighted by molar-refractivity contribution is -0.152. The Morgan fingerprint density at radius 1 is 0.974 bits per heavy atom. The first kappa shape index (κ1) is 27.8. The molecule has 0 saturated carbocycles. The number of rotatable bonds is 9. The largest absolute Gasteiger partial charge is 0.493 e. The van der Waals surface area contributed by atoms with E-state index in [-0.39, 0.29) is 22.3 Å². The lowest BCUT2D eigenvalue weighted by atomic mass is 10.0. The van der Waals surface area contributed by atoms with E-state index in [0.29, 0.717) is 29.5 Å². The highest BCUT2D eigenvalue weighted by atomic mass is 35.5. The van der Waals surface area contributed by atoms with Crippen LogP contribution >= 0.6 is 11.6 Å². The smallest absolute Gasteiger partial charge is 0.450 e. The maximum absolute atomic E-state index is 13.8. The quantitative estimate of drug-likeness (QED) is 0.274. The zero-order valence-corrected chi connectivity index (χ0v) is 21.6. The van der Waals surface area contributed by atoms with E-state index in [1.165, 1.54) is 50.6 Å². The Kier molecular flexibility index (Phi) is 8.35.